The van der Waals surface area contributed by atoms with Crippen molar-refractivity contribution in [1.82, 2.24) is 10.2 Å². The van der Waals surface area contributed by atoms with Gasteiger partial charge in [-0.3, -0.25) is 4.90 Å². The lowest BCUT2D eigenvalue weighted by atomic mass is 9.88. The van der Waals surface area contributed by atoms with Gasteiger partial charge in [-0.05, 0) is 64.3 Å². The van der Waals surface area contributed by atoms with Crippen LogP contribution >= 0.6 is 0 Å². The van der Waals surface area contributed by atoms with E-state index in [1.807, 2.05) is 0 Å². The van der Waals surface area contributed by atoms with Gasteiger partial charge < -0.3 is 5.32 Å². The highest BCUT2D eigenvalue weighted by Gasteiger charge is 2.30. The Kier molecular flexibility index (Phi) is 4.32. The molecule has 0 spiro atoms. The maximum atomic E-state index is 3.47. The SMILES string of the molecule is CNC1(C)CCN(C(C)c2ccc(C)c(C)c2)CC1. The minimum absolute atomic E-state index is 0.333. The second-order valence-corrected chi connectivity index (χ2v) is 6.37. The molecule has 1 aliphatic heterocycles. The van der Waals surface area contributed by atoms with Gasteiger partial charge in [0, 0.05) is 24.7 Å². The van der Waals surface area contributed by atoms with Crippen molar-refractivity contribution in [1.29, 1.82) is 0 Å². The zero-order valence-corrected chi connectivity index (χ0v) is 13.1. The Labute approximate surface area is 118 Å². The summed E-state index contributed by atoms with van der Waals surface area (Å²) in [6.07, 6.45) is 2.47. The van der Waals surface area contributed by atoms with Crippen LogP contribution in [0, 0.1) is 13.8 Å². The monoisotopic (exact) mass is 260 g/mol. The number of rotatable bonds is 3. The molecule has 1 heterocycles. The maximum absolute atomic E-state index is 3.47. The summed E-state index contributed by atoms with van der Waals surface area (Å²) in [5, 5.41) is 3.47. The first-order chi connectivity index (χ1) is 8.95. The van der Waals surface area contributed by atoms with Crippen molar-refractivity contribution in [2.45, 2.75) is 52.1 Å². The molecule has 0 saturated carbocycles. The molecule has 1 fully saturated rings. The Balaban J connectivity index is 2.05. The standard InChI is InChI=1S/C17H28N2/c1-13-6-7-16(12-14(13)2)15(3)19-10-8-17(4,18-5)9-11-19/h6-7,12,15,18H,8-11H2,1-5H3. The lowest BCUT2D eigenvalue weighted by molar-refractivity contribution is 0.117. The lowest BCUT2D eigenvalue weighted by Gasteiger charge is -2.42. The van der Waals surface area contributed by atoms with Crippen LogP contribution in [0.5, 0.6) is 0 Å². The molecule has 1 N–H and O–H groups in total. The van der Waals surface area contributed by atoms with Gasteiger partial charge in [-0.25, -0.2) is 0 Å². The molecule has 19 heavy (non-hydrogen) atoms. The van der Waals surface area contributed by atoms with Gasteiger partial charge in [0.25, 0.3) is 0 Å². The first-order valence-corrected chi connectivity index (χ1v) is 7.45. The summed E-state index contributed by atoms with van der Waals surface area (Å²) in [6.45, 7) is 11.4. The number of piperidine rings is 1. The van der Waals surface area contributed by atoms with E-state index in [4.69, 9.17) is 0 Å². The molecule has 0 amide bonds. The fourth-order valence-corrected chi connectivity index (χ4v) is 2.89. The predicted octanol–water partition coefficient (Wildman–Crippen LogP) is 3.44. The summed E-state index contributed by atoms with van der Waals surface area (Å²) in [7, 11) is 2.09. The molecule has 0 aliphatic carbocycles. The highest BCUT2D eigenvalue weighted by atomic mass is 15.2. The van der Waals surface area contributed by atoms with E-state index in [1.165, 1.54) is 42.6 Å². The molecule has 1 aromatic rings. The van der Waals surface area contributed by atoms with Crippen LogP contribution in [-0.2, 0) is 0 Å². The highest BCUT2D eigenvalue weighted by molar-refractivity contribution is 5.31. The molecule has 1 unspecified atom stereocenters. The topological polar surface area (TPSA) is 15.3 Å². The molecular formula is C17H28N2. The third-order valence-corrected chi connectivity index (χ3v) is 5.07. The van der Waals surface area contributed by atoms with Crippen molar-refractivity contribution < 1.29 is 0 Å². The van der Waals surface area contributed by atoms with Gasteiger partial charge in [0.15, 0.2) is 0 Å². The largest absolute Gasteiger partial charge is 0.314 e. The van der Waals surface area contributed by atoms with Crippen LogP contribution in [0.1, 0.15) is 49.4 Å². The van der Waals surface area contributed by atoms with Crippen LogP contribution in [0.25, 0.3) is 0 Å². The Bertz CT molecular complexity index is 431. The van der Waals surface area contributed by atoms with Crippen LogP contribution in [0.3, 0.4) is 0 Å². The minimum atomic E-state index is 0.333. The van der Waals surface area contributed by atoms with Crippen LogP contribution in [0.2, 0.25) is 0 Å². The van der Waals surface area contributed by atoms with Crippen molar-refractivity contribution >= 4 is 0 Å². The quantitative estimate of drug-likeness (QED) is 0.895. The Morgan fingerprint density at radius 3 is 2.32 bits per heavy atom. The van der Waals surface area contributed by atoms with Gasteiger partial charge in [0.2, 0.25) is 0 Å². The average molecular weight is 260 g/mol. The number of benzene rings is 1. The van der Waals surface area contributed by atoms with Gasteiger partial charge in [-0.2, -0.15) is 0 Å². The number of likely N-dealkylation sites (tertiary alicyclic amines) is 1. The van der Waals surface area contributed by atoms with Crippen molar-refractivity contribution in [3.05, 3.63) is 34.9 Å². The molecule has 106 valence electrons. The second-order valence-electron chi connectivity index (χ2n) is 6.37. The molecule has 1 aromatic carbocycles. The van der Waals surface area contributed by atoms with E-state index >= 15 is 0 Å². The average Bonchev–Trinajstić information content (AvgIpc) is 2.42. The van der Waals surface area contributed by atoms with Crippen molar-refractivity contribution in [2.75, 3.05) is 20.1 Å². The van der Waals surface area contributed by atoms with Gasteiger partial charge in [0.1, 0.15) is 0 Å². The second kappa shape index (κ2) is 5.64. The van der Waals surface area contributed by atoms with Crippen molar-refractivity contribution in [3.63, 3.8) is 0 Å². The van der Waals surface area contributed by atoms with Gasteiger partial charge in [0.05, 0.1) is 0 Å². The van der Waals surface area contributed by atoms with Crippen LogP contribution in [0.4, 0.5) is 0 Å². The van der Waals surface area contributed by atoms with E-state index in [0.717, 1.165) is 0 Å². The summed E-state index contributed by atoms with van der Waals surface area (Å²) in [4.78, 5) is 2.61. The normalized spacial score (nSPS) is 21.3. The lowest BCUT2D eigenvalue weighted by Crippen LogP contribution is -2.50. The Hall–Kier alpha value is -0.860. The van der Waals surface area contributed by atoms with Crippen LogP contribution < -0.4 is 5.32 Å². The van der Waals surface area contributed by atoms with Crippen molar-refractivity contribution in [3.8, 4) is 0 Å². The predicted molar refractivity (Wildman–Crippen MR) is 82.6 cm³/mol. The summed E-state index contributed by atoms with van der Waals surface area (Å²) >= 11 is 0. The fourth-order valence-electron chi connectivity index (χ4n) is 2.89. The maximum Gasteiger partial charge on any atom is 0.0320 e. The first-order valence-electron chi connectivity index (χ1n) is 7.45. The van der Waals surface area contributed by atoms with Gasteiger partial charge >= 0.3 is 0 Å². The first kappa shape index (κ1) is 14.5. The fraction of sp³-hybridized carbons (Fsp3) is 0.647. The molecule has 0 bridgehead atoms. The van der Waals surface area contributed by atoms with Gasteiger partial charge in [-0.1, -0.05) is 18.2 Å². The molecule has 0 aromatic heterocycles. The number of hydrogen-bond acceptors (Lipinski definition) is 2. The third-order valence-electron chi connectivity index (χ3n) is 5.07. The number of aryl methyl sites for hydroxylation is 2. The van der Waals surface area contributed by atoms with E-state index in [9.17, 15) is 0 Å². The van der Waals surface area contributed by atoms with Crippen molar-refractivity contribution in [2.24, 2.45) is 0 Å². The summed E-state index contributed by atoms with van der Waals surface area (Å²) < 4.78 is 0. The minimum Gasteiger partial charge on any atom is -0.314 e. The number of nitrogens with one attached hydrogen (secondary N) is 1. The molecule has 2 nitrogen and oxygen atoms in total. The zero-order valence-electron chi connectivity index (χ0n) is 13.1. The summed E-state index contributed by atoms with van der Waals surface area (Å²) in [5.41, 5.74) is 4.58. The molecule has 1 saturated heterocycles. The summed E-state index contributed by atoms with van der Waals surface area (Å²) in [5.74, 6) is 0. The zero-order chi connectivity index (χ0) is 14.0. The molecule has 1 aliphatic rings. The molecular weight excluding hydrogens is 232 g/mol. The smallest absolute Gasteiger partial charge is 0.0320 e. The Morgan fingerprint density at radius 2 is 1.79 bits per heavy atom. The highest BCUT2D eigenvalue weighted by Crippen LogP contribution is 2.29. The van der Waals surface area contributed by atoms with E-state index < -0.39 is 0 Å². The number of nitrogens with zero attached hydrogens (tertiary/aromatic N) is 1. The third kappa shape index (κ3) is 3.18. The molecule has 2 heteroatoms. The van der Waals surface area contributed by atoms with Crippen LogP contribution in [-0.4, -0.2) is 30.6 Å². The number of hydrogen-bond donors (Lipinski definition) is 1. The molecule has 2 rings (SSSR count). The summed E-state index contributed by atoms with van der Waals surface area (Å²) in [6, 6.07) is 7.42. The van der Waals surface area contributed by atoms with E-state index in [1.54, 1.807) is 0 Å². The van der Waals surface area contributed by atoms with E-state index in [0.29, 0.717) is 11.6 Å². The Morgan fingerprint density at radius 1 is 1.16 bits per heavy atom. The molecule has 0 radical (unpaired) electrons. The van der Waals surface area contributed by atoms with Gasteiger partial charge in [-0.15, -0.1) is 0 Å². The molecule has 1 atom stereocenters. The van der Waals surface area contributed by atoms with Crippen LogP contribution in [0.15, 0.2) is 18.2 Å². The van der Waals surface area contributed by atoms with E-state index in [2.05, 4.69) is 63.2 Å². The van der Waals surface area contributed by atoms with E-state index in [-0.39, 0.29) is 0 Å².